The van der Waals surface area contributed by atoms with Gasteiger partial charge >= 0.3 is 0 Å². The Morgan fingerprint density at radius 1 is 1.27 bits per heavy atom. The molecule has 1 heterocycles. The number of hydrogen-bond donors (Lipinski definition) is 3. The number of benzene rings is 1. The molecule has 1 saturated heterocycles. The van der Waals surface area contributed by atoms with E-state index in [4.69, 9.17) is 0 Å². The van der Waals surface area contributed by atoms with Gasteiger partial charge in [-0.05, 0) is 18.5 Å². The van der Waals surface area contributed by atoms with Crippen LogP contribution in [0, 0.1) is 0 Å². The first-order valence-corrected chi connectivity index (χ1v) is 4.90. The predicted molar refractivity (Wildman–Crippen MR) is 61.1 cm³/mol. The zero-order valence-corrected chi connectivity index (χ0v) is 9.20. The van der Waals surface area contributed by atoms with E-state index >= 15 is 0 Å². The van der Waals surface area contributed by atoms with Crippen molar-refractivity contribution in [3.05, 3.63) is 35.9 Å². The number of nitrogens with one attached hydrogen (secondary N) is 1. The minimum Gasteiger partial charge on any atom is -0.388 e. The fourth-order valence-corrected chi connectivity index (χ4v) is 1.92. The third kappa shape index (κ3) is 2.32. The molecule has 0 bridgehead atoms. The lowest BCUT2D eigenvalue weighted by molar-refractivity contribution is -0.0976. The van der Waals surface area contributed by atoms with E-state index in [-0.39, 0.29) is 12.4 Å². The van der Waals surface area contributed by atoms with Gasteiger partial charge < -0.3 is 15.5 Å². The predicted octanol–water partition coefficient (Wildman–Crippen LogP) is 0.650. The van der Waals surface area contributed by atoms with Gasteiger partial charge in [0.1, 0.15) is 5.60 Å². The van der Waals surface area contributed by atoms with E-state index in [1.54, 1.807) is 0 Å². The average molecular weight is 230 g/mol. The van der Waals surface area contributed by atoms with E-state index < -0.39 is 11.7 Å². The summed E-state index contributed by atoms with van der Waals surface area (Å²) >= 11 is 0. The molecule has 0 spiro atoms. The highest BCUT2D eigenvalue weighted by atomic mass is 35.5. The number of aliphatic hydroxyl groups excluding tert-OH is 1. The largest absolute Gasteiger partial charge is 0.388 e. The number of halogens is 1. The number of piperidine rings is 1. The second-order valence-corrected chi connectivity index (χ2v) is 3.76. The quantitative estimate of drug-likeness (QED) is 0.663. The van der Waals surface area contributed by atoms with Crippen LogP contribution in [0.4, 0.5) is 0 Å². The van der Waals surface area contributed by atoms with Crippen molar-refractivity contribution in [3.8, 4) is 0 Å². The molecule has 84 valence electrons. The summed E-state index contributed by atoms with van der Waals surface area (Å²) < 4.78 is 0. The molecular weight excluding hydrogens is 214 g/mol. The molecule has 2 atom stereocenters. The van der Waals surface area contributed by atoms with E-state index in [0.717, 1.165) is 12.1 Å². The topological polar surface area (TPSA) is 52.5 Å². The van der Waals surface area contributed by atoms with Crippen LogP contribution in [-0.4, -0.2) is 29.4 Å². The summed E-state index contributed by atoms with van der Waals surface area (Å²) in [6.07, 6.45) is -0.170. The summed E-state index contributed by atoms with van der Waals surface area (Å²) in [6, 6.07) is 9.37. The van der Waals surface area contributed by atoms with Crippen LogP contribution in [0.5, 0.6) is 0 Å². The summed E-state index contributed by atoms with van der Waals surface area (Å²) in [7, 11) is 0. The standard InChI is InChI=1S/C11H15NO2.ClH/c13-10-8-12-7-6-11(10,14)9-4-2-1-3-5-9;/h1-5,10,12-14H,6-8H2;1H/t10-,11-;/m0./s1. The van der Waals surface area contributed by atoms with Crippen molar-refractivity contribution < 1.29 is 10.2 Å². The number of aliphatic hydroxyl groups is 2. The zero-order valence-electron chi connectivity index (χ0n) is 8.39. The Morgan fingerprint density at radius 3 is 2.53 bits per heavy atom. The van der Waals surface area contributed by atoms with Gasteiger partial charge in [0.05, 0.1) is 6.10 Å². The minimum absolute atomic E-state index is 0. The first-order valence-electron chi connectivity index (χ1n) is 4.90. The van der Waals surface area contributed by atoms with Crippen LogP contribution in [0.15, 0.2) is 30.3 Å². The first kappa shape index (κ1) is 12.5. The molecule has 0 unspecified atom stereocenters. The molecule has 0 amide bonds. The third-order valence-electron chi connectivity index (χ3n) is 2.85. The van der Waals surface area contributed by atoms with Crippen LogP contribution in [0.3, 0.4) is 0 Å². The van der Waals surface area contributed by atoms with E-state index in [1.807, 2.05) is 30.3 Å². The summed E-state index contributed by atoms with van der Waals surface area (Å²) in [4.78, 5) is 0. The van der Waals surface area contributed by atoms with E-state index in [0.29, 0.717) is 13.0 Å². The maximum Gasteiger partial charge on any atom is 0.118 e. The number of hydrogen-bond acceptors (Lipinski definition) is 3. The molecule has 1 aliphatic heterocycles. The van der Waals surface area contributed by atoms with Crippen LogP contribution >= 0.6 is 12.4 Å². The summed E-state index contributed by atoms with van der Waals surface area (Å²) in [5, 5.41) is 23.1. The Hall–Kier alpha value is -0.610. The fraction of sp³-hybridized carbons (Fsp3) is 0.455. The first-order chi connectivity index (χ1) is 6.73. The van der Waals surface area contributed by atoms with Gasteiger partial charge in [0.2, 0.25) is 0 Å². The second-order valence-electron chi connectivity index (χ2n) is 3.76. The maximum absolute atomic E-state index is 10.3. The minimum atomic E-state index is -1.08. The zero-order chi connectivity index (χ0) is 10.0. The van der Waals surface area contributed by atoms with Crippen LogP contribution in [0.25, 0.3) is 0 Å². The van der Waals surface area contributed by atoms with Crippen molar-refractivity contribution in [2.24, 2.45) is 0 Å². The highest BCUT2D eigenvalue weighted by Crippen LogP contribution is 2.30. The monoisotopic (exact) mass is 229 g/mol. The fourth-order valence-electron chi connectivity index (χ4n) is 1.92. The van der Waals surface area contributed by atoms with Crippen LogP contribution < -0.4 is 5.32 Å². The van der Waals surface area contributed by atoms with Crippen LogP contribution in [0.2, 0.25) is 0 Å². The van der Waals surface area contributed by atoms with Gasteiger partial charge in [-0.1, -0.05) is 30.3 Å². The molecule has 0 aliphatic carbocycles. The van der Waals surface area contributed by atoms with Gasteiger partial charge in [0, 0.05) is 6.54 Å². The lowest BCUT2D eigenvalue weighted by atomic mass is 9.83. The Kier molecular flexibility index (Phi) is 4.11. The lowest BCUT2D eigenvalue weighted by Gasteiger charge is -2.37. The molecular formula is C11H16ClNO2. The molecule has 0 aromatic heterocycles. The van der Waals surface area contributed by atoms with Crippen molar-refractivity contribution in [2.75, 3.05) is 13.1 Å². The van der Waals surface area contributed by atoms with Gasteiger partial charge in [0.15, 0.2) is 0 Å². The highest BCUT2D eigenvalue weighted by molar-refractivity contribution is 5.85. The van der Waals surface area contributed by atoms with E-state index in [1.165, 1.54) is 0 Å². The molecule has 1 aliphatic rings. The van der Waals surface area contributed by atoms with Gasteiger partial charge in [0.25, 0.3) is 0 Å². The molecule has 1 aromatic rings. The molecule has 3 nitrogen and oxygen atoms in total. The molecule has 15 heavy (non-hydrogen) atoms. The van der Waals surface area contributed by atoms with Crippen molar-refractivity contribution in [2.45, 2.75) is 18.1 Å². The van der Waals surface area contributed by atoms with Gasteiger partial charge in [-0.2, -0.15) is 0 Å². The molecule has 0 radical (unpaired) electrons. The average Bonchev–Trinajstić information content (AvgIpc) is 2.24. The summed E-state index contributed by atoms with van der Waals surface area (Å²) in [6.45, 7) is 1.19. The number of β-amino-alcohol motifs (C(OH)–C–C–N with tert-alkyl or cyclic N) is 1. The molecule has 1 aromatic carbocycles. The number of rotatable bonds is 1. The van der Waals surface area contributed by atoms with Crippen LogP contribution in [0.1, 0.15) is 12.0 Å². The second kappa shape index (κ2) is 4.94. The molecule has 2 rings (SSSR count). The normalized spacial score (nSPS) is 30.7. The Bertz CT molecular complexity index is 307. The summed E-state index contributed by atoms with van der Waals surface area (Å²) in [5.74, 6) is 0. The van der Waals surface area contributed by atoms with E-state index in [2.05, 4.69) is 5.32 Å². The Labute approximate surface area is 95.5 Å². The Balaban J connectivity index is 0.00000112. The van der Waals surface area contributed by atoms with Crippen molar-refractivity contribution >= 4 is 12.4 Å². The Morgan fingerprint density at radius 2 is 1.93 bits per heavy atom. The molecule has 1 fully saturated rings. The van der Waals surface area contributed by atoms with E-state index in [9.17, 15) is 10.2 Å². The molecule has 4 heteroatoms. The van der Waals surface area contributed by atoms with Gasteiger partial charge in [-0.15, -0.1) is 12.4 Å². The SMILES string of the molecule is Cl.O[C@H]1CNCC[C@]1(O)c1ccccc1. The van der Waals surface area contributed by atoms with Gasteiger partial charge in [-0.25, -0.2) is 0 Å². The van der Waals surface area contributed by atoms with Crippen molar-refractivity contribution in [3.63, 3.8) is 0 Å². The van der Waals surface area contributed by atoms with Crippen molar-refractivity contribution in [1.82, 2.24) is 5.32 Å². The molecule has 3 N–H and O–H groups in total. The maximum atomic E-state index is 10.3. The smallest absolute Gasteiger partial charge is 0.118 e. The van der Waals surface area contributed by atoms with Crippen LogP contribution in [-0.2, 0) is 5.60 Å². The third-order valence-corrected chi connectivity index (χ3v) is 2.85. The molecule has 0 saturated carbocycles. The van der Waals surface area contributed by atoms with Crippen molar-refractivity contribution in [1.29, 1.82) is 0 Å². The van der Waals surface area contributed by atoms with Gasteiger partial charge in [-0.3, -0.25) is 0 Å². The lowest BCUT2D eigenvalue weighted by Crippen LogP contribution is -2.51. The highest BCUT2D eigenvalue weighted by Gasteiger charge is 2.39. The summed E-state index contributed by atoms with van der Waals surface area (Å²) in [5.41, 5.74) is -0.277.